The molecule has 1 saturated heterocycles. The highest BCUT2D eigenvalue weighted by Gasteiger charge is 2.42. The zero-order valence-corrected chi connectivity index (χ0v) is 17.4. The molecule has 1 aliphatic rings. The van der Waals surface area contributed by atoms with Gasteiger partial charge in [0.05, 0.1) is 11.5 Å². The molecule has 0 N–H and O–H groups in total. The van der Waals surface area contributed by atoms with E-state index in [0.29, 0.717) is 14.8 Å². The van der Waals surface area contributed by atoms with E-state index < -0.39 is 12.0 Å². The minimum Gasteiger partial charge on any atom is -0.464 e. The summed E-state index contributed by atoms with van der Waals surface area (Å²) >= 11 is 6.66. The number of thiocarbonyl (C=S) groups is 1. The van der Waals surface area contributed by atoms with Gasteiger partial charge in [-0.1, -0.05) is 85.5 Å². The molecule has 2 aromatic rings. The van der Waals surface area contributed by atoms with E-state index >= 15 is 0 Å². The van der Waals surface area contributed by atoms with Crippen molar-refractivity contribution in [3.63, 3.8) is 0 Å². The molecule has 1 unspecified atom stereocenters. The van der Waals surface area contributed by atoms with Crippen molar-refractivity contribution in [3.05, 3.63) is 76.2 Å². The maximum Gasteiger partial charge on any atom is 0.333 e. The fraction of sp³-hybridized carbons (Fsp3) is 0.227. The van der Waals surface area contributed by atoms with Gasteiger partial charge in [-0.05, 0) is 36.1 Å². The average molecular weight is 412 g/mol. The van der Waals surface area contributed by atoms with Gasteiger partial charge in [0, 0.05) is 0 Å². The van der Waals surface area contributed by atoms with Crippen LogP contribution in [0.4, 0.5) is 0 Å². The van der Waals surface area contributed by atoms with Gasteiger partial charge in [0.25, 0.3) is 5.91 Å². The van der Waals surface area contributed by atoms with Crippen LogP contribution in [0.3, 0.4) is 0 Å². The number of hydrogen-bond donors (Lipinski definition) is 0. The highest BCUT2D eigenvalue weighted by molar-refractivity contribution is 8.26. The number of esters is 1. The van der Waals surface area contributed by atoms with Gasteiger partial charge < -0.3 is 4.74 Å². The Morgan fingerprint density at radius 3 is 2.43 bits per heavy atom. The third kappa shape index (κ3) is 4.34. The number of nitrogens with zero attached hydrogens (tertiary/aromatic N) is 1. The Balaban J connectivity index is 1.93. The largest absolute Gasteiger partial charge is 0.464 e. The van der Waals surface area contributed by atoms with E-state index in [4.69, 9.17) is 17.0 Å². The number of carbonyl (C=O) groups is 2. The van der Waals surface area contributed by atoms with E-state index in [1.807, 2.05) is 48.5 Å². The molecule has 0 radical (unpaired) electrons. The van der Waals surface area contributed by atoms with Gasteiger partial charge in [-0.25, -0.2) is 4.79 Å². The summed E-state index contributed by atoms with van der Waals surface area (Å²) in [4.78, 5) is 27.6. The minimum absolute atomic E-state index is 0.233. The van der Waals surface area contributed by atoms with Crippen LogP contribution in [0.1, 0.15) is 36.6 Å². The Hall–Kier alpha value is -2.44. The molecule has 1 aliphatic heterocycles. The van der Waals surface area contributed by atoms with Gasteiger partial charge in [-0.2, -0.15) is 0 Å². The third-order valence-corrected chi connectivity index (χ3v) is 5.72. The zero-order valence-electron chi connectivity index (χ0n) is 15.8. The van der Waals surface area contributed by atoms with E-state index in [2.05, 4.69) is 6.92 Å². The number of thioether (sulfide) groups is 1. The van der Waals surface area contributed by atoms with Gasteiger partial charge in [0.1, 0.15) is 4.32 Å². The molecule has 1 heterocycles. The molecule has 3 rings (SSSR count). The second-order valence-electron chi connectivity index (χ2n) is 6.21. The number of carbonyl (C=O) groups excluding carboxylic acids is 2. The molecular formula is C22H21NO3S2. The highest BCUT2D eigenvalue weighted by Crippen LogP contribution is 2.38. The summed E-state index contributed by atoms with van der Waals surface area (Å²) in [7, 11) is 0. The van der Waals surface area contributed by atoms with Crippen LogP contribution in [0, 0.1) is 0 Å². The Morgan fingerprint density at radius 1 is 1.14 bits per heavy atom. The molecular weight excluding hydrogens is 390 g/mol. The molecule has 0 aromatic heterocycles. The standard InChI is InChI=1S/C22H21NO3S2/c1-3-15-10-12-16(13-11-15)14-18-20(24)23(22(27)28-18)19(21(25)26-4-2)17-8-6-5-7-9-17/h5-14,19H,3-4H2,1-2H3/b18-14+. The quantitative estimate of drug-likeness (QED) is 0.390. The smallest absolute Gasteiger partial charge is 0.333 e. The topological polar surface area (TPSA) is 46.6 Å². The number of hydrogen-bond acceptors (Lipinski definition) is 5. The summed E-state index contributed by atoms with van der Waals surface area (Å²) < 4.78 is 5.58. The summed E-state index contributed by atoms with van der Waals surface area (Å²) in [6.07, 6.45) is 2.77. The molecule has 0 bridgehead atoms. The predicted molar refractivity (Wildman–Crippen MR) is 117 cm³/mol. The van der Waals surface area contributed by atoms with Gasteiger partial charge in [0.15, 0.2) is 6.04 Å². The number of benzene rings is 2. The molecule has 1 atom stereocenters. The van der Waals surface area contributed by atoms with Crippen molar-refractivity contribution in [2.45, 2.75) is 26.3 Å². The summed E-state index contributed by atoms with van der Waals surface area (Å²) in [5, 5.41) is 0. The van der Waals surface area contributed by atoms with Crippen molar-refractivity contribution < 1.29 is 14.3 Å². The van der Waals surface area contributed by atoms with Crippen LogP contribution < -0.4 is 0 Å². The van der Waals surface area contributed by atoms with Crippen molar-refractivity contribution in [3.8, 4) is 0 Å². The number of rotatable bonds is 6. The fourth-order valence-corrected chi connectivity index (χ4v) is 4.26. The van der Waals surface area contributed by atoms with Crippen LogP contribution in [-0.2, 0) is 20.7 Å². The van der Waals surface area contributed by atoms with Crippen molar-refractivity contribution >= 4 is 46.3 Å². The molecule has 0 saturated carbocycles. The van der Waals surface area contributed by atoms with Crippen LogP contribution in [-0.4, -0.2) is 27.7 Å². The molecule has 6 heteroatoms. The lowest BCUT2D eigenvalue weighted by atomic mass is 10.1. The maximum absolute atomic E-state index is 13.1. The second-order valence-corrected chi connectivity index (χ2v) is 7.89. The normalized spacial score (nSPS) is 16.5. The third-order valence-electron chi connectivity index (χ3n) is 4.39. The number of aryl methyl sites for hydroxylation is 1. The van der Waals surface area contributed by atoms with E-state index in [1.165, 1.54) is 22.2 Å². The van der Waals surface area contributed by atoms with Crippen molar-refractivity contribution in [2.24, 2.45) is 0 Å². The van der Waals surface area contributed by atoms with Crippen LogP contribution in [0.5, 0.6) is 0 Å². The number of ether oxygens (including phenoxy) is 1. The molecule has 0 spiro atoms. The average Bonchev–Trinajstić information content (AvgIpc) is 2.98. The molecule has 1 amide bonds. The van der Waals surface area contributed by atoms with E-state index in [-0.39, 0.29) is 12.5 Å². The second kappa shape index (κ2) is 9.17. The maximum atomic E-state index is 13.1. The Morgan fingerprint density at radius 2 is 1.82 bits per heavy atom. The lowest BCUT2D eigenvalue weighted by Crippen LogP contribution is -2.38. The van der Waals surface area contributed by atoms with Crippen LogP contribution in [0.25, 0.3) is 6.08 Å². The molecule has 28 heavy (non-hydrogen) atoms. The Kier molecular flexibility index (Phi) is 6.65. The summed E-state index contributed by atoms with van der Waals surface area (Å²) in [6.45, 7) is 4.07. The van der Waals surface area contributed by atoms with E-state index in [9.17, 15) is 9.59 Å². The minimum atomic E-state index is -0.887. The number of amides is 1. The molecule has 1 fully saturated rings. The highest BCUT2D eigenvalue weighted by atomic mass is 32.2. The summed E-state index contributed by atoms with van der Waals surface area (Å²) in [5.41, 5.74) is 2.83. The van der Waals surface area contributed by atoms with Crippen molar-refractivity contribution in [1.29, 1.82) is 0 Å². The Labute approximate surface area is 174 Å². The monoisotopic (exact) mass is 411 g/mol. The molecule has 0 aliphatic carbocycles. The van der Waals surface area contributed by atoms with Gasteiger partial charge in [0.2, 0.25) is 0 Å². The zero-order chi connectivity index (χ0) is 20.1. The fourth-order valence-electron chi connectivity index (χ4n) is 2.95. The molecule has 2 aromatic carbocycles. The Bertz CT molecular complexity index is 907. The predicted octanol–water partition coefficient (Wildman–Crippen LogP) is 4.75. The van der Waals surface area contributed by atoms with Crippen LogP contribution in [0.15, 0.2) is 59.5 Å². The van der Waals surface area contributed by atoms with E-state index in [1.54, 1.807) is 19.1 Å². The van der Waals surface area contributed by atoms with Gasteiger partial charge >= 0.3 is 5.97 Å². The van der Waals surface area contributed by atoms with Crippen molar-refractivity contribution in [1.82, 2.24) is 4.90 Å². The van der Waals surface area contributed by atoms with E-state index in [0.717, 1.165) is 12.0 Å². The summed E-state index contributed by atoms with van der Waals surface area (Å²) in [6, 6.07) is 16.2. The first-order valence-electron chi connectivity index (χ1n) is 9.12. The first-order chi connectivity index (χ1) is 13.5. The lowest BCUT2D eigenvalue weighted by Gasteiger charge is -2.25. The lowest BCUT2D eigenvalue weighted by molar-refractivity contribution is -0.151. The summed E-state index contributed by atoms with van der Waals surface area (Å²) in [5.74, 6) is -0.768. The molecule has 4 nitrogen and oxygen atoms in total. The van der Waals surface area contributed by atoms with Crippen LogP contribution >= 0.6 is 24.0 Å². The first kappa shape index (κ1) is 20.3. The SMILES string of the molecule is CCOC(=O)C(c1ccccc1)N1C(=O)/C(=C\c2ccc(CC)cc2)SC1=S. The van der Waals surface area contributed by atoms with Crippen molar-refractivity contribution in [2.75, 3.05) is 6.61 Å². The van der Waals surface area contributed by atoms with Gasteiger partial charge in [-0.3, -0.25) is 9.69 Å². The van der Waals surface area contributed by atoms with Gasteiger partial charge in [-0.15, -0.1) is 0 Å². The molecule has 144 valence electrons. The van der Waals surface area contributed by atoms with Crippen LogP contribution in [0.2, 0.25) is 0 Å². The first-order valence-corrected chi connectivity index (χ1v) is 10.3.